The SMILES string of the molecule is CCN(C)C(=O)c1c(N)cnn1C(C)C. The van der Waals surface area contributed by atoms with Gasteiger partial charge in [0.2, 0.25) is 0 Å². The first-order chi connectivity index (χ1) is 6.99. The molecule has 1 aromatic rings. The highest BCUT2D eigenvalue weighted by atomic mass is 16.2. The van der Waals surface area contributed by atoms with Gasteiger partial charge in [-0.2, -0.15) is 5.10 Å². The molecule has 0 radical (unpaired) electrons. The number of hydrogen-bond acceptors (Lipinski definition) is 3. The summed E-state index contributed by atoms with van der Waals surface area (Å²) in [6, 6.07) is 0.131. The summed E-state index contributed by atoms with van der Waals surface area (Å²) in [4.78, 5) is 13.6. The molecule has 0 saturated heterocycles. The molecule has 15 heavy (non-hydrogen) atoms. The molecule has 0 saturated carbocycles. The topological polar surface area (TPSA) is 64.2 Å². The Morgan fingerprint density at radius 1 is 1.67 bits per heavy atom. The second kappa shape index (κ2) is 4.33. The Kier molecular flexibility index (Phi) is 3.34. The van der Waals surface area contributed by atoms with Crippen LogP contribution in [0, 0.1) is 0 Å². The van der Waals surface area contributed by atoms with E-state index in [1.807, 2.05) is 20.8 Å². The molecule has 1 heterocycles. The number of carbonyl (C=O) groups excluding carboxylic acids is 1. The van der Waals surface area contributed by atoms with Gasteiger partial charge < -0.3 is 10.6 Å². The third-order valence-electron chi connectivity index (χ3n) is 2.34. The van der Waals surface area contributed by atoms with Crippen LogP contribution in [0.15, 0.2) is 6.20 Å². The second-order valence-electron chi connectivity index (χ2n) is 3.81. The Bertz CT molecular complexity index is 356. The number of rotatable bonds is 3. The van der Waals surface area contributed by atoms with E-state index in [0.29, 0.717) is 17.9 Å². The summed E-state index contributed by atoms with van der Waals surface area (Å²) < 4.78 is 1.66. The van der Waals surface area contributed by atoms with Crippen molar-refractivity contribution in [2.24, 2.45) is 0 Å². The van der Waals surface area contributed by atoms with E-state index in [1.54, 1.807) is 16.6 Å². The van der Waals surface area contributed by atoms with Crippen LogP contribution in [-0.2, 0) is 0 Å². The van der Waals surface area contributed by atoms with E-state index < -0.39 is 0 Å². The summed E-state index contributed by atoms with van der Waals surface area (Å²) >= 11 is 0. The van der Waals surface area contributed by atoms with E-state index >= 15 is 0 Å². The molecule has 0 unspecified atom stereocenters. The largest absolute Gasteiger partial charge is 0.396 e. The summed E-state index contributed by atoms with van der Waals surface area (Å²) in [6.07, 6.45) is 1.52. The molecule has 84 valence electrons. The fourth-order valence-electron chi connectivity index (χ4n) is 1.31. The van der Waals surface area contributed by atoms with Crippen LogP contribution in [0.3, 0.4) is 0 Å². The Balaban J connectivity index is 3.12. The summed E-state index contributed by atoms with van der Waals surface area (Å²) in [6.45, 7) is 6.51. The van der Waals surface area contributed by atoms with Gasteiger partial charge in [-0.15, -0.1) is 0 Å². The summed E-state index contributed by atoms with van der Waals surface area (Å²) in [5.41, 5.74) is 6.66. The van der Waals surface area contributed by atoms with Crippen LogP contribution in [0.4, 0.5) is 5.69 Å². The number of amides is 1. The molecule has 0 spiro atoms. The molecular weight excluding hydrogens is 192 g/mol. The Morgan fingerprint density at radius 2 is 2.27 bits per heavy atom. The van der Waals surface area contributed by atoms with E-state index in [2.05, 4.69) is 5.10 Å². The van der Waals surface area contributed by atoms with Crippen LogP contribution in [0.5, 0.6) is 0 Å². The van der Waals surface area contributed by atoms with Crippen LogP contribution in [0.25, 0.3) is 0 Å². The maximum atomic E-state index is 12.0. The standard InChI is InChI=1S/C10H18N4O/c1-5-13(4)10(15)9-8(11)6-12-14(9)7(2)3/h6-7H,5,11H2,1-4H3. The zero-order valence-electron chi connectivity index (χ0n) is 9.69. The highest BCUT2D eigenvalue weighted by Crippen LogP contribution is 2.17. The predicted octanol–water partition coefficient (Wildman–Crippen LogP) is 1.14. The van der Waals surface area contributed by atoms with Crippen molar-refractivity contribution < 1.29 is 4.79 Å². The molecule has 5 nitrogen and oxygen atoms in total. The lowest BCUT2D eigenvalue weighted by Gasteiger charge is -2.17. The first-order valence-electron chi connectivity index (χ1n) is 5.07. The van der Waals surface area contributed by atoms with E-state index in [4.69, 9.17) is 5.73 Å². The average Bonchev–Trinajstić information content (AvgIpc) is 2.58. The summed E-state index contributed by atoms with van der Waals surface area (Å²) in [7, 11) is 1.75. The number of nitrogen functional groups attached to an aromatic ring is 1. The minimum Gasteiger partial charge on any atom is -0.396 e. The third kappa shape index (κ3) is 2.11. The van der Waals surface area contributed by atoms with E-state index in [9.17, 15) is 4.79 Å². The van der Waals surface area contributed by atoms with Crippen LogP contribution in [0.1, 0.15) is 37.3 Å². The maximum Gasteiger partial charge on any atom is 0.274 e. The lowest BCUT2D eigenvalue weighted by molar-refractivity contribution is 0.0789. The van der Waals surface area contributed by atoms with Gasteiger partial charge in [-0.25, -0.2) is 0 Å². The van der Waals surface area contributed by atoms with Gasteiger partial charge in [0.25, 0.3) is 5.91 Å². The Hall–Kier alpha value is -1.52. The number of anilines is 1. The fraction of sp³-hybridized carbons (Fsp3) is 0.600. The molecule has 2 N–H and O–H groups in total. The molecule has 0 fully saturated rings. The molecule has 1 rings (SSSR count). The summed E-state index contributed by atoms with van der Waals surface area (Å²) in [5, 5.41) is 4.10. The maximum absolute atomic E-state index is 12.0. The van der Waals surface area contributed by atoms with Crippen molar-refractivity contribution >= 4 is 11.6 Å². The molecule has 1 aromatic heterocycles. The molecule has 0 aromatic carbocycles. The minimum atomic E-state index is -0.0822. The zero-order valence-corrected chi connectivity index (χ0v) is 9.69. The first-order valence-corrected chi connectivity index (χ1v) is 5.07. The summed E-state index contributed by atoms with van der Waals surface area (Å²) in [5.74, 6) is -0.0822. The van der Waals surface area contributed by atoms with Crippen molar-refractivity contribution in [1.82, 2.24) is 14.7 Å². The monoisotopic (exact) mass is 210 g/mol. The lowest BCUT2D eigenvalue weighted by atomic mass is 10.3. The second-order valence-corrected chi connectivity index (χ2v) is 3.81. The van der Waals surface area contributed by atoms with Crippen LogP contribution >= 0.6 is 0 Å². The highest BCUT2D eigenvalue weighted by molar-refractivity contribution is 5.97. The fourth-order valence-corrected chi connectivity index (χ4v) is 1.31. The number of hydrogen-bond donors (Lipinski definition) is 1. The van der Waals surface area contributed by atoms with Crippen molar-refractivity contribution in [3.05, 3.63) is 11.9 Å². The lowest BCUT2D eigenvalue weighted by Crippen LogP contribution is -2.29. The van der Waals surface area contributed by atoms with E-state index in [1.165, 1.54) is 6.20 Å². The molecular formula is C10H18N4O. The van der Waals surface area contributed by atoms with Gasteiger partial charge in [-0.05, 0) is 20.8 Å². The molecule has 0 aliphatic carbocycles. The molecule has 0 aliphatic rings. The zero-order chi connectivity index (χ0) is 11.6. The van der Waals surface area contributed by atoms with Gasteiger partial charge in [0.1, 0.15) is 5.69 Å². The van der Waals surface area contributed by atoms with Gasteiger partial charge in [-0.1, -0.05) is 0 Å². The van der Waals surface area contributed by atoms with Crippen LogP contribution in [0.2, 0.25) is 0 Å². The van der Waals surface area contributed by atoms with Crippen molar-refractivity contribution in [2.45, 2.75) is 26.8 Å². The number of aromatic nitrogens is 2. The Morgan fingerprint density at radius 3 is 2.73 bits per heavy atom. The van der Waals surface area contributed by atoms with E-state index in [-0.39, 0.29) is 11.9 Å². The van der Waals surface area contributed by atoms with Gasteiger partial charge in [-0.3, -0.25) is 9.48 Å². The normalized spacial score (nSPS) is 10.7. The van der Waals surface area contributed by atoms with Gasteiger partial charge in [0, 0.05) is 19.6 Å². The predicted molar refractivity (Wildman–Crippen MR) is 59.7 cm³/mol. The number of nitrogens with zero attached hydrogens (tertiary/aromatic N) is 3. The molecule has 0 atom stereocenters. The van der Waals surface area contributed by atoms with Crippen molar-refractivity contribution in [1.29, 1.82) is 0 Å². The Labute approximate surface area is 89.9 Å². The first kappa shape index (κ1) is 11.6. The van der Waals surface area contributed by atoms with Crippen molar-refractivity contribution in [2.75, 3.05) is 19.3 Å². The number of nitrogens with two attached hydrogens (primary N) is 1. The van der Waals surface area contributed by atoms with Crippen LogP contribution < -0.4 is 5.73 Å². The van der Waals surface area contributed by atoms with E-state index in [0.717, 1.165) is 0 Å². The van der Waals surface area contributed by atoms with Gasteiger partial charge in [0.15, 0.2) is 0 Å². The van der Waals surface area contributed by atoms with Gasteiger partial charge >= 0.3 is 0 Å². The molecule has 0 aliphatic heterocycles. The third-order valence-corrected chi connectivity index (χ3v) is 2.34. The van der Waals surface area contributed by atoms with Gasteiger partial charge in [0.05, 0.1) is 11.9 Å². The highest BCUT2D eigenvalue weighted by Gasteiger charge is 2.20. The molecule has 0 bridgehead atoms. The molecule has 1 amide bonds. The number of carbonyl (C=O) groups is 1. The van der Waals surface area contributed by atoms with Crippen LogP contribution in [-0.4, -0.2) is 34.2 Å². The smallest absolute Gasteiger partial charge is 0.274 e. The average molecular weight is 210 g/mol. The van der Waals surface area contributed by atoms with Crippen molar-refractivity contribution in [3.8, 4) is 0 Å². The quantitative estimate of drug-likeness (QED) is 0.813. The van der Waals surface area contributed by atoms with Crippen molar-refractivity contribution in [3.63, 3.8) is 0 Å². The molecule has 5 heteroatoms. The minimum absolute atomic E-state index is 0.0822.